The highest BCUT2D eigenvalue weighted by atomic mass is 16.6. The molecule has 1 saturated heterocycles. The van der Waals surface area contributed by atoms with Gasteiger partial charge in [0.2, 0.25) is 11.8 Å². The first-order valence-corrected chi connectivity index (χ1v) is 11.2. The third-order valence-corrected chi connectivity index (χ3v) is 5.28. The molecule has 5 N–H and O–H groups in total. The quantitative estimate of drug-likeness (QED) is 0.340. The average molecular weight is 483 g/mol. The van der Waals surface area contributed by atoms with Crippen molar-refractivity contribution >= 4 is 35.1 Å². The van der Waals surface area contributed by atoms with Crippen molar-refractivity contribution in [3.05, 3.63) is 53.6 Å². The smallest absolute Gasteiger partial charge is 0.344 e. The molecule has 1 atom stereocenters. The summed E-state index contributed by atoms with van der Waals surface area (Å²) >= 11 is 0. The maximum absolute atomic E-state index is 12.3. The van der Waals surface area contributed by atoms with Crippen molar-refractivity contribution in [2.75, 3.05) is 18.1 Å². The number of esters is 1. The van der Waals surface area contributed by atoms with Gasteiger partial charge in [0.25, 0.3) is 5.91 Å². The number of nitrogens with two attached hydrogens (primary N) is 2. The van der Waals surface area contributed by atoms with E-state index in [4.69, 9.17) is 20.9 Å². The summed E-state index contributed by atoms with van der Waals surface area (Å²) in [6, 6.07) is 11.4. The molecular formula is C25H30N4O6. The first kappa shape index (κ1) is 25.5. The fourth-order valence-corrected chi connectivity index (χ4v) is 3.69. The van der Waals surface area contributed by atoms with Crippen molar-refractivity contribution in [1.29, 1.82) is 0 Å². The standard InChI is InChI=1S/C13H13N3O3.C12H17NO3/c14-9-3-1-2-7-8(9)6-16(13(7)19)10-4-5-11(17)15-12(10)18;1-12(2,3)16-11(14)8-15-10-6-4-9(13)5-7-10/h1-3,10H,4-6,14H2,(H,15,17,18);4-7H,8,13H2,1-3H3. The molecule has 0 aliphatic carbocycles. The summed E-state index contributed by atoms with van der Waals surface area (Å²) in [6.07, 6.45) is 0.621. The Morgan fingerprint density at radius 3 is 2.37 bits per heavy atom. The number of amides is 3. The van der Waals surface area contributed by atoms with Crippen LogP contribution in [0.15, 0.2) is 42.5 Å². The van der Waals surface area contributed by atoms with E-state index in [1.165, 1.54) is 4.90 Å². The molecule has 2 aromatic carbocycles. The lowest BCUT2D eigenvalue weighted by atomic mass is 10.0. The Bertz CT molecular complexity index is 1120. The molecule has 0 radical (unpaired) electrons. The predicted octanol–water partition coefficient (Wildman–Crippen LogP) is 2.02. The molecule has 1 fully saturated rings. The number of nitrogens with zero attached hydrogens (tertiary/aromatic N) is 1. The van der Waals surface area contributed by atoms with Crippen molar-refractivity contribution < 1.29 is 28.7 Å². The van der Waals surface area contributed by atoms with Gasteiger partial charge in [0.05, 0.1) is 0 Å². The number of carbonyl (C=O) groups excluding carboxylic acids is 4. The monoisotopic (exact) mass is 482 g/mol. The van der Waals surface area contributed by atoms with Crippen molar-refractivity contribution in [1.82, 2.24) is 10.2 Å². The van der Waals surface area contributed by atoms with Crippen LogP contribution in [0.4, 0.5) is 11.4 Å². The third-order valence-electron chi connectivity index (χ3n) is 5.28. The van der Waals surface area contributed by atoms with Gasteiger partial charge in [-0.15, -0.1) is 0 Å². The third kappa shape index (κ3) is 6.72. The van der Waals surface area contributed by atoms with E-state index in [-0.39, 0.29) is 30.8 Å². The lowest BCUT2D eigenvalue weighted by Crippen LogP contribution is -2.52. The largest absolute Gasteiger partial charge is 0.482 e. The van der Waals surface area contributed by atoms with E-state index in [9.17, 15) is 19.2 Å². The van der Waals surface area contributed by atoms with Crippen molar-refractivity contribution in [2.24, 2.45) is 0 Å². The lowest BCUT2D eigenvalue weighted by molar-refractivity contribution is -0.157. The fourth-order valence-electron chi connectivity index (χ4n) is 3.69. The van der Waals surface area contributed by atoms with Gasteiger partial charge in [-0.25, -0.2) is 4.79 Å². The first-order valence-electron chi connectivity index (χ1n) is 11.2. The number of carbonyl (C=O) groups is 4. The van der Waals surface area contributed by atoms with E-state index in [1.54, 1.807) is 42.5 Å². The minimum atomic E-state index is -0.586. The second-order valence-electron chi connectivity index (χ2n) is 9.22. The normalized spacial score (nSPS) is 17.2. The number of ether oxygens (including phenoxy) is 2. The Morgan fingerprint density at radius 1 is 1.09 bits per heavy atom. The minimum absolute atomic E-state index is 0.0960. The van der Waals surface area contributed by atoms with Crippen LogP contribution < -0.4 is 21.5 Å². The molecule has 35 heavy (non-hydrogen) atoms. The second kappa shape index (κ2) is 10.5. The number of piperidine rings is 1. The summed E-state index contributed by atoms with van der Waals surface area (Å²) < 4.78 is 10.3. The van der Waals surface area contributed by atoms with Crippen molar-refractivity contribution in [2.45, 2.75) is 51.8 Å². The summed E-state index contributed by atoms with van der Waals surface area (Å²) in [7, 11) is 0. The summed E-state index contributed by atoms with van der Waals surface area (Å²) in [6.45, 7) is 5.67. The molecule has 2 aromatic rings. The summed E-state index contributed by atoms with van der Waals surface area (Å²) in [5, 5.41) is 2.27. The van der Waals surface area contributed by atoms with Gasteiger partial charge < -0.3 is 25.8 Å². The van der Waals surface area contributed by atoms with Gasteiger partial charge in [-0.05, 0) is 63.6 Å². The van der Waals surface area contributed by atoms with Crippen molar-refractivity contribution in [3.63, 3.8) is 0 Å². The Balaban J connectivity index is 0.000000199. The summed E-state index contributed by atoms with van der Waals surface area (Å²) in [5.41, 5.74) is 13.4. The molecule has 3 amide bonds. The molecule has 186 valence electrons. The van der Waals surface area contributed by atoms with Gasteiger partial charge in [-0.1, -0.05) is 6.07 Å². The van der Waals surface area contributed by atoms with Crippen LogP contribution in [0.2, 0.25) is 0 Å². The van der Waals surface area contributed by atoms with Gasteiger partial charge in [0.15, 0.2) is 6.61 Å². The highest BCUT2D eigenvalue weighted by Crippen LogP contribution is 2.30. The zero-order chi connectivity index (χ0) is 25.8. The molecule has 0 aromatic heterocycles. The number of imide groups is 1. The van der Waals surface area contributed by atoms with E-state index in [1.807, 2.05) is 20.8 Å². The Morgan fingerprint density at radius 2 is 1.77 bits per heavy atom. The van der Waals surface area contributed by atoms with E-state index in [0.717, 1.165) is 5.56 Å². The maximum atomic E-state index is 12.3. The van der Waals surface area contributed by atoms with E-state index in [2.05, 4.69) is 5.32 Å². The maximum Gasteiger partial charge on any atom is 0.344 e. The van der Waals surface area contributed by atoms with Crippen LogP contribution in [-0.2, 0) is 25.7 Å². The number of anilines is 2. The van der Waals surface area contributed by atoms with Gasteiger partial charge in [-0.3, -0.25) is 19.7 Å². The highest BCUT2D eigenvalue weighted by Gasteiger charge is 2.39. The average Bonchev–Trinajstić information content (AvgIpc) is 3.10. The van der Waals surface area contributed by atoms with Gasteiger partial charge in [0, 0.05) is 35.5 Å². The van der Waals surface area contributed by atoms with E-state index < -0.39 is 17.6 Å². The number of nitrogen functional groups attached to an aromatic ring is 2. The molecule has 1 unspecified atom stereocenters. The number of fused-ring (bicyclic) bond motifs is 1. The van der Waals surface area contributed by atoms with Crippen LogP contribution in [0.25, 0.3) is 0 Å². The SMILES string of the molecule is CC(C)(C)OC(=O)COc1ccc(N)cc1.Nc1cccc2c1CN(C1CCC(=O)NC1=O)C2=O. The highest BCUT2D eigenvalue weighted by molar-refractivity contribution is 6.06. The van der Waals surface area contributed by atoms with Gasteiger partial charge >= 0.3 is 5.97 Å². The molecule has 0 saturated carbocycles. The molecular weight excluding hydrogens is 452 g/mol. The summed E-state index contributed by atoms with van der Waals surface area (Å²) in [4.78, 5) is 48.0. The van der Waals surface area contributed by atoms with Crippen LogP contribution in [0, 0.1) is 0 Å². The second-order valence-corrected chi connectivity index (χ2v) is 9.22. The molecule has 0 bridgehead atoms. The molecule has 10 heteroatoms. The zero-order valence-corrected chi connectivity index (χ0v) is 20.0. The molecule has 2 aliphatic rings. The first-order chi connectivity index (χ1) is 16.4. The van der Waals surface area contributed by atoms with Crippen molar-refractivity contribution in [3.8, 4) is 5.75 Å². The Labute approximate surface area is 203 Å². The molecule has 10 nitrogen and oxygen atoms in total. The number of hydrogen-bond acceptors (Lipinski definition) is 8. The van der Waals surface area contributed by atoms with Gasteiger partial charge in [0.1, 0.15) is 17.4 Å². The molecule has 4 rings (SSSR count). The van der Waals surface area contributed by atoms with Gasteiger partial charge in [-0.2, -0.15) is 0 Å². The summed E-state index contributed by atoms with van der Waals surface area (Å²) in [5.74, 6) is -0.679. The van der Waals surface area contributed by atoms with Crippen LogP contribution in [-0.4, -0.2) is 46.8 Å². The topological polar surface area (TPSA) is 154 Å². The van der Waals surface area contributed by atoms with Crippen LogP contribution in [0.1, 0.15) is 49.5 Å². The lowest BCUT2D eigenvalue weighted by Gasteiger charge is -2.29. The predicted molar refractivity (Wildman–Crippen MR) is 129 cm³/mol. The minimum Gasteiger partial charge on any atom is -0.482 e. The van der Waals surface area contributed by atoms with Crippen LogP contribution >= 0.6 is 0 Å². The Hall–Kier alpha value is -4.08. The van der Waals surface area contributed by atoms with Crippen LogP contribution in [0.3, 0.4) is 0 Å². The van der Waals surface area contributed by atoms with Crippen LogP contribution in [0.5, 0.6) is 5.75 Å². The Kier molecular flexibility index (Phi) is 7.63. The number of benzene rings is 2. The fraction of sp³-hybridized carbons (Fsp3) is 0.360. The zero-order valence-electron chi connectivity index (χ0n) is 20.0. The van der Waals surface area contributed by atoms with E-state index >= 15 is 0 Å². The van der Waals surface area contributed by atoms with E-state index in [0.29, 0.717) is 35.7 Å². The number of nitrogens with one attached hydrogen (secondary N) is 1. The number of rotatable bonds is 4. The molecule has 0 spiro atoms. The molecule has 2 aliphatic heterocycles. The molecule has 2 heterocycles. The number of hydrogen-bond donors (Lipinski definition) is 3.